The van der Waals surface area contributed by atoms with E-state index in [9.17, 15) is 4.79 Å². The third kappa shape index (κ3) is 29.9. The fourth-order valence-corrected chi connectivity index (χ4v) is 5.66. The molecule has 1 atom stereocenters. The normalized spacial score (nSPS) is 12.3. The second-order valence-corrected chi connectivity index (χ2v) is 12.0. The summed E-state index contributed by atoms with van der Waals surface area (Å²) in [7, 11) is 0. The van der Waals surface area contributed by atoms with Crippen LogP contribution in [0.1, 0.15) is 213 Å². The van der Waals surface area contributed by atoms with Gasteiger partial charge in [-0.15, -0.1) is 0 Å². The van der Waals surface area contributed by atoms with Crippen molar-refractivity contribution in [1.29, 1.82) is 0 Å². The smallest absolute Gasteiger partial charge is 0.123 e. The van der Waals surface area contributed by atoms with Crippen LogP contribution < -0.4 is 0 Å². The van der Waals surface area contributed by atoms with E-state index < -0.39 is 0 Å². The fourth-order valence-electron chi connectivity index (χ4n) is 5.66. The van der Waals surface area contributed by atoms with Gasteiger partial charge in [-0.25, -0.2) is 0 Å². The molecule has 0 N–H and O–H groups in total. The van der Waals surface area contributed by atoms with Crippen molar-refractivity contribution in [3.8, 4) is 0 Å². The Kier molecular flexibility index (Phi) is 32.4. The zero-order valence-corrected chi connectivity index (χ0v) is 25.5. The fraction of sp³-hybridized carbons (Fsp3) is 0.971. The Bertz CT molecular complexity index is 390. The highest BCUT2D eigenvalue weighted by molar-refractivity contribution is 5.53. The Morgan fingerprint density at radius 2 is 0.528 bits per heavy atom. The van der Waals surface area contributed by atoms with Gasteiger partial charge in [0.05, 0.1) is 0 Å². The molecule has 0 radical (unpaired) electrons. The highest BCUT2D eigenvalue weighted by Crippen LogP contribution is 2.19. The SMILES string of the molecule is CCCCCCCCCCCCCCCCCCC(C=O)CCCCCCCCCCCCCCC. The van der Waals surface area contributed by atoms with Crippen molar-refractivity contribution in [2.24, 2.45) is 5.92 Å². The molecule has 0 amide bonds. The minimum absolute atomic E-state index is 0.337. The largest absolute Gasteiger partial charge is 0.303 e. The highest BCUT2D eigenvalue weighted by Gasteiger charge is 2.07. The van der Waals surface area contributed by atoms with E-state index in [1.54, 1.807) is 0 Å². The van der Waals surface area contributed by atoms with Gasteiger partial charge >= 0.3 is 0 Å². The van der Waals surface area contributed by atoms with E-state index in [1.165, 1.54) is 192 Å². The molecule has 0 fully saturated rings. The van der Waals surface area contributed by atoms with Gasteiger partial charge in [-0.1, -0.05) is 200 Å². The lowest BCUT2D eigenvalue weighted by Crippen LogP contribution is -2.02. The Morgan fingerprint density at radius 3 is 0.722 bits per heavy atom. The predicted octanol–water partition coefficient (Wildman–Crippen LogP) is 12.9. The molecule has 0 aromatic heterocycles. The summed E-state index contributed by atoms with van der Waals surface area (Å²) in [5, 5.41) is 0. The minimum Gasteiger partial charge on any atom is -0.303 e. The van der Waals surface area contributed by atoms with Crippen molar-refractivity contribution < 1.29 is 4.79 Å². The van der Waals surface area contributed by atoms with Crippen molar-refractivity contribution in [1.82, 2.24) is 0 Å². The lowest BCUT2D eigenvalue weighted by molar-refractivity contribution is -0.111. The number of rotatable bonds is 32. The first kappa shape index (κ1) is 35.7. The van der Waals surface area contributed by atoms with Gasteiger partial charge in [0.2, 0.25) is 0 Å². The van der Waals surface area contributed by atoms with Gasteiger partial charge in [0, 0.05) is 5.92 Å². The average Bonchev–Trinajstić information content (AvgIpc) is 2.89. The number of unbranched alkanes of at least 4 members (excludes halogenated alkanes) is 27. The molecular formula is C35H70O. The first-order valence-corrected chi connectivity index (χ1v) is 17.3. The first-order valence-electron chi connectivity index (χ1n) is 17.3. The van der Waals surface area contributed by atoms with Crippen molar-refractivity contribution in [3.05, 3.63) is 0 Å². The monoisotopic (exact) mass is 507 g/mol. The van der Waals surface area contributed by atoms with E-state index >= 15 is 0 Å². The van der Waals surface area contributed by atoms with Gasteiger partial charge in [0.15, 0.2) is 0 Å². The number of hydrogen-bond acceptors (Lipinski definition) is 1. The molecule has 36 heavy (non-hydrogen) atoms. The van der Waals surface area contributed by atoms with E-state index in [1.807, 2.05) is 0 Å². The summed E-state index contributed by atoms with van der Waals surface area (Å²) >= 11 is 0. The molecule has 0 bridgehead atoms. The minimum atomic E-state index is 0.337. The van der Waals surface area contributed by atoms with Crippen LogP contribution >= 0.6 is 0 Å². The second kappa shape index (κ2) is 32.7. The molecule has 1 heteroatoms. The van der Waals surface area contributed by atoms with E-state index in [4.69, 9.17) is 0 Å². The topological polar surface area (TPSA) is 17.1 Å². The Morgan fingerprint density at radius 1 is 0.333 bits per heavy atom. The maximum absolute atomic E-state index is 11.4. The molecule has 0 aliphatic rings. The molecular weight excluding hydrogens is 436 g/mol. The van der Waals surface area contributed by atoms with Gasteiger partial charge < -0.3 is 4.79 Å². The van der Waals surface area contributed by atoms with Crippen LogP contribution in [0.4, 0.5) is 0 Å². The molecule has 0 aromatic rings. The summed E-state index contributed by atoms with van der Waals surface area (Å²) < 4.78 is 0. The van der Waals surface area contributed by atoms with Gasteiger partial charge in [0.1, 0.15) is 6.29 Å². The van der Waals surface area contributed by atoms with Gasteiger partial charge in [-0.2, -0.15) is 0 Å². The molecule has 1 nitrogen and oxygen atoms in total. The third-order valence-corrected chi connectivity index (χ3v) is 8.30. The molecule has 0 saturated carbocycles. The summed E-state index contributed by atoms with van der Waals surface area (Å²) in [4.78, 5) is 11.4. The molecule has 0 aliphatic heterocycles. The molecule has 0 aromatic carbocycles. The molecule has 0 spiro atoms. The average molecular weight is 507 g/mol. The van der Waals surface area contributed by atoms with Gasteiger partial charge in [-0.3, -0.25) is 0 Å². The lowest BCUT2D eigenvalue weighted by atomic mass is 9.95. The second-order valence-electron chi connectivity index (χ2n) is 12.0. The van der Waals surface area contributed by atoms with Crippen molar-refractivity contribution in [2.45, 2.75) is 213 Å². The van der Waals surface area contributed by atoms with Gasteiger partial charge in [-0.05, 0) is 12.8 Å². The molecule has 0 saturated heterocycles. The van der Waals surface area contributed by atoms with Crippen LogP contribution in [0.15, 0.2) is 0 Å². The summed E-state index contributed by atoms with van der Waals surface area (Å²) in [5.74, 6) is 0.337. The van der Waals surface area contributed by atoms with Crippen LogP contribution in [-0.2, 0) is 4.79 Å². The molecule has 0 rings (SSSR count). The number of carbonyl (C=O) groups is 1. The molecule has 1 unspecified atom stereocenters. The lowest BCUT2D eigenvalue weighted by Gasteiger charge is -2.10. The van der Waals surface area contributed by atoms with Crippen LogP contribution in [0.2, 0.25) is 0 Å². The standard InChI is InChI=1S/C35H70O/c1-3-5-7-9-11-13-15-17-18-19-21-23-25-27-29-31-33-35(34-36)32-30-28-26-24-22-20-16-14-12-10-8-6-4-2/h34-35H,3-33H2,1-2H3. The van der Waals surface area contributed by atoms with Crippen LogP contribution in [-0.4, -0.2) is 6.29 Å². The maximum Gasteiger partial charge on any atom is 0.123 e. The Hall–Kier alpha value is -0.330. The molecule has 216 valence electrons. The quantitative estimate of drug-likeness (QED) is 0.0654. The third-order valence-electron chi connectivity index (χ3n) is 8.30. The number of hydrogen-bond donors (Lipinski definition) is 0. The van der Waals surface area contributed by atoms with Crippen LogP contribution in [0.25, 0.3) is 0 Å². The molecule has 0 aliphatic carbocycles. The van der Waals surface area contributed by atoms with Crippen LogP contribution in [0.5, 0.6) is 0 Å². The summed E-state index contributed by atoms with van der Waals surface area (Å²) in [6, 6.07) is 0. The molecule has 0 heterocycles. The summed E-state index contributed by atoms with van der Waals surface area (Å²) in [6.45, 7) is 4.59. The zero-order chi connectivity index (χ0) is 26.2. The van der Waals surface area contributed by atoms with Crippen molar-refractivity contribution in [2.75, 3.05) is 0 Å². The highest BCUT2D eigenvalue weighted by atomic mass is 16.1. The van der Waals surface area contributed by atoms with E-state index in [2.05, 4.69) is 13.8 Å². The van der Waals surface area contributed by atoms with E-state index in [-0.39, 0.29) is 0 Å². The predicted molar refractivity (Wildman–Crippen MR) is 164 cm³/mol. The first-order chi connectivity index (χ1) is 17.8. The summed E-state index contributed by atoms with van der Waals surface area (Å²) in [5.41, 5.74) is 0. The van der Waals surface area contributed by atoms with Crippen LogP contribution in [0.3, 0.4) is 0 Å². The Labute approximate surface area is 229 Å². The zero-order valence-electron chi connectivity index (χ0n) is 25.5. The van der Waals surface area contributed by atoms with Gasteiger partial charge in [0.25, 0.3) is 0 Å². The maximum atomic E-state index is 11.4. The Balaban J connectivity index is 3.26. The number of carbonyl (C=O) groups excluding carboxylic acids is 1. The number of aldehydes is 1. The van der Waals surface area contributed by atoms with E-state index in [0.717, 1.165) is 12.8 Å². The summed E-state index contributed by atoms with van der Waals surface area (Å²) in [6.07, 6.45) is 44.5. The van der Waals surface area contributed by atoms with E-state index in [0.29, 0.717) is 5.92 Å². The van der Waals surface area contributed by atoms with Crippen molar-refractivity contribution >= 4 is 6.29 Å². The van der Waals surface area contributed by atoms with Crippen molar-refractivity contribution in [3.63, 3.8) is 0 Å². The van der Waals surface area contributed by atoms with Crippen LogP contribution in [0, 0.1) is 5.92 Å².